The summed E-state index contributed by atoms with van der Waals surface area (Å²) in [7, 11) is 0. The standard InChI is InChI=1S/C16H25NO2/c1-4-10-17(12-16(18)19)15(11-13(2)3)14-8-6-5-7-9-14/h5-9,13,15H,4,10-12H2,1-3H3,(H,18,19). The molecule has 0 spiro atoms. The van der Waals surface area contributed by atoms with Gasteiger partial charge in [0.05, 0.1) is 6.54 Å². The van der Waals surface area contributed by atoms with Gasteiger partial charge < -0.3 is 5.11 Å². The number of benzene rings is 1. The summed E-state index contributed by atoms with van der Waals surface area (Å²) in [5.74, 6) is -0.212. The third-order valence-electron chi connectivity index (χ3n) is 3.17. The van der Waals surface area contributed by atoms with Crippen LogP contribution in [0.25, 0.3) is 0 Å². The minimum atomic E-state index is -0.752. The largest absolute Gasteiger partial charge is 0.480 e. The minimum absolute atomic E-state index is 0.111. The first kappa shape index (κ1) is 15.7. The van der Waals surface area contributed by atoms with Crippen LogP contribution in [-0.4, -0.2) is 29.1 Å². The molecule has 0 aliphatic rings. The number of aliphatic carboxylic acids is 1. The monoisotopic (exact) mass is 263 g/mol. The Kier molecular flexibility index (Phi) is 6.57. The zero-order valence-electron chi connectivity index (χ0n) is 12.2. The Balaban J connectivity index is 2.95. The Labute approximate surface area is 116 Å². The molecule has 0 saturated heterocycles. The number of hydrogen-bond donors (Lipinski definition) is 1. The average molecular weight is 263 g/mol. The first-order valence-electron chi connectivity index (χ1n) is 7.05. The summed E-state index contributed by atoms with van der Waals surface area (Å²) >= 11 is 0. The topological polar surface area (TPSA) is 40.5 Å². The van der Waals surface area contributed by atoms with Crippen LogP contribution >= 0.6 is 0 Å². The van der Waals surface area contributed by atoms with Crippen LogP contribution in [0.1, 0.15) is 45.2 Å². The summed E-state index contributed by atoms with van der Waals surface area (Å²) in [5.41, 5.74) is 1.21. The van der Waals surface area contributed by atoms with E-state index in [4.69, 9.17) is 5.11 Å². The molecule has 19 heavy (non-hydrogen) atoms. The summed E-state index contributed by atoms with van der Waals surface area (Å²) in [6.45, 7) is 7.38. The van der Waals surface area contributed by atoms with Gasteiger partial charge in [-0.1, -0.05) is 51.1 Å². The van der Waals surface area contributed by atoms with E-state index >= 15 is 0 Å². The summed E-state index contributed by atoms with van der Waals surface area (Å²) in [5, 5.41) is 9.10. The maximum atomic E-state index is 11.1. The second kappa shape index (κ2) is 7.95. The van der Waals surface area contributed by atoms with Crippen molar-refractivity contribution < 1.29 is 9.90 Å². The minimum Gasteiger partial charge on any atom is -0.480 e. The van der Waals surface area contributed by atoms with Gasteiger partial charge in [-0.05, 0) is 30.9 Å². The lowest BCUT2D eigenvalue weighted by molar-refractivity contribution is -0.139. The van der Waals surface area contributed by atoms with Gasteiger partial charge >= 0.3 is 5.97 Å². The number of nitrogens with zero attached hydrogens (tertiary/aromatic N) is 1. The molecule has 1 unspecified atom stereocenters. The molecule has 0 amide bonds. The fraction of sp³-hybridized carbons (Fsp3) is 0.562. The molecule has 0 fully saturated rings. The number of rotatable bonds is 8. The maximum absolute atomic E-state index is 11.1. The second-order valence-electron chi connectivity index (χ2n) is 5.42. The molecule has 1 aromatic carbocycles. The van der Waals surface area contributed by atoms with Crippen LogP contribution < -0.4 is 0 Å². The van der Waals surface area contributed by atoms with Crippen LogP contribution in [0.3, 0.4) is 0 Å². The van der Waals surface area contributed by atoms with Crippen molar-refractivity contribution >= 4 is 5.97 Å². The normalized spacial score (nSPS) is 12.9. The van der Waals surface area contributed by atoms with Gasteiger partial charge in [0, 0.05) is 6.04 Å². The van der Waals surface area contributed by atoms with Crippen LogP contribution in [0, 0.1) is 5.92 Å². The van der Waals surface area contributed by atoms with E-state index in [0.29, 0.717) is 5.92 Å². The highest BCUT2D eigenvalue weighted by molar-refractivity contribution is 5.69. The van der Waals surface area contributed by atoms with Crippen LogP contribution in [0.5, 0.6) is 0 Å². The molecule has 1 N–H and O–H groups in total. The molecule has 1 aromatic rings. The molecule has 0 saturated carbocycles. The predicted molar refractivity (Wildman–Crippen MR) is 78.1 cm³/mol. The van der Waals surface area contributed by atoms with Crippen molar-refractivity contribution in [3.8, 4) is 0 Å². The van der Waals surface area contributed by atoms with E-state index in [-0.39, 0.29) is 12.6 Å². The average Bonchev–Trinajstić information content (AvgIpc) is 2.36. The summed E-state index contributed by atoms with van der Waals surface area (Å²) in [6, 6.07) is 10.4. The number of carboxylic acid groups (broad SMARTS) is 1. The van der Waals surface area contributed by atoms with Gasteiger partial charge in [0.1, 0.15) is 0 Å². The molecule has 0 aliphatic heterocycles. The lowest BCUT2D eigenvalue weighted by atomic mass is 9.95. The Hall–Kier alpha value is -1.35. The first-order valence-corrected chi connectivity index (χ1v) is 7.05. The lowest BCUT2D eigenvalue weighted by Crippen LogP contribution is -2.35. The van der Waals surface area contributed by atoms with E-state index in [1.165, 1.54) is 5.56 Å². The van der Waals surface area contributed by atoms with Crippen LogP contribution in [0.15, 0.2) is 30.3 Å². The zero-order chi connectivity index (χ0) is 14.3. The Morgan fingerprint density at radius 3 is 2.37 bits per heavy atom. The Morgan fingerprint density at radius 1 is 1.26 bits per heavy atom. The molecule has 1 atom stereocenters. The van der Waals surface area contributed by atoms with Crippen molar-refractivity contribution in [2.75, 3.05) is 13.1 Å². The maximum Gasteiger partial charge on any atom is 0.317 e. The van der Waals surface area contributed by atoms with Crippen molar-refractivity contribution in [1.82, 2.24) is 4.90 Å². The van der Waals surface area contributed by atoms with Crippen molar-refractivity contribution in [3.63, 3.8) is 0 Å². The van der Waals surface area contributed by atoms with Crippen molar-refractivity contribution in [2.24, 2.45) is 5.92 Å². The van der Waals surface area contributed by atoms with Crippen LogP contribution in [-0.2, 0) is 4.79 Å². The molecule has 1 rings (SSSR count). The van der Waals surface area contributed by atoms with Crippen LogP contribution in [0.4, 0.5) is 0 Å². The predicted octanol–water partition coefficient (Wildman–Crippen LogP) is 3.57. The number of carbonyl (C=O) groups is 1. The van der Waals surface area contributed by atoms with Gasteiger partial charge in [0.2, 0.25) is 0 Å². The molecule has 3 heteroatoms. The number of hydrogen-bond acceptors (Lipinski definition) is 2. The zero-order valence-corrected chi connectivity index (χ0v) is 12.2. The molecule has 3 nitrogen and oxygen atoms in total. The lowest BCUT2D eigenvalue weighted by Gasteiger charge is -2.32. The van der Waals surface area contributed by atoms with E-state index < -0.39 is 5.97 Å². The third kappa shape index (κ3) is 5.43. The second-order valence-corrected chi connectivity index (χ2v) is 5.42. The smallest absolute Gasteiger partial charge is 0.317 e. The first-order chi connectivity index (χ1) is 9.04. The summed E-state index contributed by atoms with van der Waals surface area (Å²) < 4.78 is 0. The Bertz CT molecular complexity index is 376. The molecule has 106 valence electrons. The van der Waals surface area contributed by atoms with E-state index in [2.05, 4.69) is 37.8 Å². The molecule has 0 bridgehead atoms. The van der Waals surface area contributed by atoms with E-state index in [1.54, 1.807) is 0 Å². The number of carboxylic acids is 1. The molecule has 0 radical (unpaired) electrons. The fourth-order valence-corrected chi connectivity index (χ4v) is 2.42. The molecule has 0 aliphatic carbocycles. The molecular formula is C16H25NO2. The summed E-state index contributed by atoms with van der Waals surface area (Å²) in [6.07, 6.45) is 1.95. The fourth-order valence-electron chi connectivity index (χ4n) is 2.42. The molecule has 0 aromatic heterocycles. The highest BCUT2D eigenvalue weighted by Gasteiger charge is 2.22. The van der Waals surface area contributed by atoms with Crippen molar-refractivity contribution in [2.45, 2.75) is 39.7 Å². The third-order valence-corrected chi connectivity index (χ3v) is 3.17. The highest BCUT2D eigenvalue weighted by atomic mass is 16.4. The van der Waals surface area contributed by atoms with Gasteiger partial charge in [0.25, 0.3) is 0 Å². The van der Waals surface area contributed by atoms with E-state index in [0.717, 1.165) is 19.4 Å². The van der Waals surface area contributed by atoms with Crippen molar-refractivity contribution in [1.29, 1.82) is 0 Å². The van der Waals surface area contributed by atoms with Gasteiger partial charge in [-0.15, -0.1) is 0 Å². The van der Waals surface area contributed by atoms with Gasteiger partial charge in [-0.2, -0.15) is 0 Å². The van der Waals surface area contributed by atoms with Crippen molar-refractivity contribution in [3.05, 3.63) is 35.9 Å². The van der Waals surface area contributed by atoms with Crippen LogP contribution in [0.2, 0.25) is 0 Å². The SMILES string of the molecule is CCCN(CC(=O)O)C(CC(C)C)c1ccccc1. The molecular weight excluding hydrogens is 238 g/mol. The quantitative estimate of drug-likeness (QED) is 0.779. The highest BCUT2D eigenvalue weighted by Crippen LogP contribution is 2.27. The molecule has 0 heterocycles. The summed E-state index contributed by atoms with van der Waals surface area (Å²) in [4.78, 5) is 13.1. The Morgan fingerprint density at radius 2 is 1.89 bits per heavy atom. The van der Waals surface area contributed by atoms with Gasteiger partial charge in [0.15, 0.2) is 0 Å². The van der Waals surface area contributed by atoms with E-state index in [1.807, 2.05) is 18.2 Å². The van der Waals surface area contributed by atoms with Gasteiger partial charge in [-0.3, -0.25) is 9.69 Å². The van der Waals surface area contributed by atoms with E-state index in [9.17, 15) is 4.79 Å². The van der Waals surface area contributed by atoms with Gasteiger partial charge in [-0.25, -0.2) is 0 Å².